The topological polar surface area (TPSA) is 112 Å². The van der Waals surface area contributed by atoms with Gasteiger partial charge in [0.25, 0.3) is 5.56 Å². The lowest BCUT2D eigenvalue weighted by Gasteiger charge is -2.37. The highest BCUT2D eigenvalue weighted by atomic mass is 19.4. The van der Waals surface area contributed by atoms with E-state index < -0.39 is 46.6 Å². The van der Waals surface area contributed by atoms with Crippen LogP contribution < -0.4 is 20.5 Å². The predicted molar refractivity (Wildman–Crippen MR) is 174 cm³/mol. The summed E-state index contributed by atoms with van der Waals surface area (Å²) in [6.07, 6.45) is -3.15. The van der Waals surface area contributed by atoms with Crippen molar-refractivity contribution in [3.8, 4) is 11.4 Å². The number of ether oxygens (including phenoxy) is 2. The summed E-state index contributed by atoms with van der Waals surface area (Å²) in [5.41, 5.74) is -1.88. The molecule has 0 radical (unpaired) electrons. The molecule has 49 heavy (non-hydrogen) atoms. The van der Waals surface area contributed by atoms with Crippen LogP contribution in [0.5, 0.6) is 5.75 Å². The second-order valence-corrected chi connectivity index (χ2v) is 13.7. The maximum Gasteiger partial charge on any atom is 0.573 e. The molecular weight excluding hydrogens is 650 g/mol. The normalized spacial score (nSPS) is 18.8. The van der Waals surface area contributed by atoms with E-state index in [1.807, 2.05) is 7.05 Å². The molecule has 3 aliphatic rings. The van der Waals surface area contributed by atoms with Gasteiger partial charge in [0.15, 0.2) is 5.75 Å². The first kappa shape index (κ1) is 34.4. The van der Waals surface area contributed by atoms with Gasteiger partial charge >= 0.3 is 12.5 Å². The van der Waals surface area contributed by atoms with E-state index in [-0.39, 0.29) is 28.0 Å². The van der Waals surface area contributed by atoms with E-state index in [0.29, 0.717) is 52.1 Å². The molecule has 2 aromatic carbocycles. The molecule has 3 fully saturated rings. The van der Waals surface area contributed by atoms with E-state index in [4.69, 9.17) is 4.74 Å². The number of anilines is 2. The second-order valence-electron chi connectivity index (χ2n) is 13.7. The van der Waals surface area contributed by atoms with Gasteiger partial charge in [-0.25, -0.2) is 14.2 Å². The number of nitrogens with one attached hydrogen (secondary N) is 1. The highest BCUT2D eigenvalue weighted by Crippen LogP contribution is 2.44. The average molecular weight is 690 g/mol. The highest BCUT2D eigenvalue weighted by molar-refractivity contribution is 6.01. The zero-order valence-corrected chi connectivity index (χ0v) is 27.8. The summed E-state index contributed by atoms with van der Waals surface area (Å²) < 4.78 is 66.2. The number of aromatic nitrogens is 2. The summed E-state index contributed by atoms with van der Waals surface area (Å²) in [6.45, 7) is 9.43. The molecule has 3 aromatic rings. The number of halogens is 4. The molecule has 6 rings (SSSR count). The zero-order chi connectivity index (χ0) is 35.3. The van der Waals surface area contributed by atoms with Crippen LogP contribution in [0.25, 0.3) is 16.6 Å². The number of hydrogen-bond acceptors (Lipinski definition) is 9. The first-order valence-corrected chi connectivity index (χ1v) is 16.1. The number of alkyl halides is 3. The number of hydrogen-bond donors (Lipinski definition) is 1. The molecular formula is C33H39F4N7O5. The van der Waals surface area contributed by atoms with Crippen LogP contribution in [0.15, 0.2) is 41.5 Å². The Labute approximate surface area is 280 Å². The van der Waals surface area contributed by atoms with Crippen molar-refractivity contribution in [2.24, 2.45) is 0 Å². The highest BCUT2D eigenvalue weighted by Gasteiger charge is 2.55. The Morgan fingerprint density at radius 3 is 2.22 bits per heavy atom. The van der Waals surface area contributed by atoms with Gasteiger partial charge in [0.2, 0.25) is 5.91 Å². The number of piperazine rings is 2. The van der Waals surface area contributed by atoms with Gasteiger partial charge in [0.05, 0.1) is 28.0 Å². The minimum absolute atomic E-state index is 0.0515. The van der Waals surface area contributed by atoms with Crippen molar-refractivity contribution in [1.29, 1.82) is 0 Å². The van der Waals surface area contributed by atoms with E-state index in [9.17, 15) is 27.6 Å². The summed E-state index contributed by atoms with van der Waals surface area (Å²) in [5, 5.41) is 2.58. The first-order chi connectivity index (χ1) is 23.0. The van der Waals surface area contributed by atoms with Gasteiger partial charge in [-0.1, -0.05) is 0 Å². The summed E-state index contributed by atoms with van der Waals surface area (Å²) in [6, 6.07) is 5.99. The monoisotopic (exact) mass is 689 g/mol. The van der Waals surface area contributed by atoms with Crippen LogP contribution in [0.4, 0.5) is 33.7 Å². The fraction of sp³-hybridized carbons (Fsp3) is 0.515. The van der Waals surface area contributed by atoms with E-state index in [2.05, 4.69) is 24.8 Å². The summed E-state index contributed by atoms with van der Waals surface area (Å²) >= 11 is 0. The number of likely N-dealkylation sites (N-methyl/N-ethyl adjacent to an activating group) is 1. The van der Waals surface area contributed by atoms with Crippen molar-refractivity contribution in [3.63, 3.8) is 0 Å². The fourth-order valence-electron chi connectivity index (χ4n) is 6.27. The Balaban J connectivity index is 1.25. The van der Waals surface area contributed by atoms with Gasteiger partial charge in [-0.3, -0.25) is 19.1 Å². The smallest absolute Gasteiger partial charge is 0.444 e. The molecule has 12 nitrogen and oxygen atoms in total. The van der Waals surface area contributed by atoms with Crippen molar-refractivity contribution in [1.82, 2.24) is 24.3 Å². The Morgan fingerprint density at radius 1 is 0.939 bits per heavy atom. The lowest BCUT2D eigenvalue weighted by molar-refractivity contribution is -0.274. The van der Waals surface area contributed by atoms with Crippen molar-refractivity contribution < 1.29 is 36.6 Å². The predicted octanol–water partition coefficient (Wildman–Crippen LogP) is 4.20. The number of benzene rings is 2. The van der Waals surface area contributed by atoms with Crippen LogP contribution in [-0.2, 0) is 9.53 Å². The van der Waals surface area contributed by atoms with Crippen molar-refractivity contribution in [2.45, 2.75) is 51.1 Å². The molecule has 0 atom stereocenters. The lowest BCUT2D eigenvalue weighted by Crippen LogP contribution is -2.54. The molecule has 3 heterocycles. The Bertz CT molecular complexity index is 1810. The molecule has 1 N–H and O–H groups in total. The van der Waals surface area contributed by atoms with Crippen molar-refractivity contribution in [2.75, 3.05) is 69.6 Å². The number of carbonyl (C=O) groups is 2. The molecule has 1 aliphatic carbocycles. The van der Waals surface area contributed by atoms with E-state index in [1.165, 1.54) is 24.5 Å². The first-order valence-electron chi connectivity index (χ1n) is 16.1. The van der Waals surface area contributed by atoms with E-state index >= 15 is 4.39 Å². The van der Waals surface area contributed by atoms with Crippen LogP contribution >= 0.6 is 0 Å². The summed E-state index contributed by atoms with van der Waals surface area (Å²) in [4.78, 5) is 51.5. The molecule has 0 spiro atoms. The molecule has 1 saturated carbocycles. The third kappa shape index (κ3) is 7.44. The Morgan fingerprint density at radius 2 is 1.61 bits per heavy atom. The number of carbonyl (C=O) groups excluding carboxylic acids is 2. The maximum atomic E-state index is 15.5. The number of rotatable bonds is 6. The van der Waals surface area contributed by atoms with Crippen LogP contribution in [-0.4, -0.2) is 113 Å². The molecule has 2 amide bonds. The minimum atomic E-state index is -5.03. The Hall–Kier alpha value is -4.44. The Kier molecular flexibility index (Phi) is 8.98. The van der Waals surface area contributed by atoms with Crippen LogP contribution in [0, 0.1) is 5.82 Å². The second kappa shape index (κ2) is 12.8. The minimum Gasteiger partial charge on any atom is -0.444 e. The van der Waals surface area contributed by atoms with Crippen LogP contribution in [0.2, 0.25) is 0 Å². The van der Waals surface area contributed by atoms with Crippen LogP contribution in [0.3, 0.4) is 0 Å². The SMILES string of the molecule is CN1CCN(C2(C(=O)Nc3cc(-n4cnc5cc(N6CCN(C(=O)OC(C)(C)C)CC6)c(F)cc5c4=O)ccc3OC(F)(F)F)CC2)CC1. The molecule has 0 bridgehead atoms. The van der Waals surface area contributed by atoms with E-state index in [1.54, 1.807) is 30.6 Å². The molecule has 0 unspecified atom stereocenters. The van der Waals surface area contributed by atoms with Gasteiger partial charge in [-0.05, 0) is 71.0 Å². The maximum absolute atomic E-state index is 15.5. The van der Waals surface area contributed by atoms with Gasteiger partial charge < -0.3 is 29.5 Å². The molecule has 2 saturated heterocycles. The summed E-state index contributed by atoms with van der Waals surface area (Å²) in [5.74, 6) is -1.76. The number of fused-ring (bicyclic) bond motifs is 1. The largest absolute Gasteiger partial charge is 0.573 e. The van der Waals surface area contributed by atoms with Gasteiger partial charge in [-0.15, -0.1) is 13.2 Å². The number of amides is 2. The third-order valence-corrected chi connectivity index (χ3v) is 9.07. The third-order valence-electron chi connectivity index (χ3n) is 9.07. The van der Waals surface area contributed by atoms with Crippen molar-refractivity contribution in [3.05, 3.63) is 52.8 Å². The van der Waals surface area contributed by atoms with Crippen molar-refractivity contribution >= 4 is 34.3 Å². The number of nitrogens with zero attached hydrogens (tertiary/aromatic N) is 6. The molecule has 1 aromatic heterocycles. The van der Waals surface area contributed by atoms with Crippen LogP contribution in [0.1, 0.15) is 33.6 Å². The molecule has 2 aliphatic heterocycles. The lowest BCUT2D eigenvalue weighted by atomic mass is 10.1. The van der Waals surface area contributed by atoms with Gasteiger partial charge in [0, 0.05) is 52.4 Å². The zero-order valence-electron chi connectivity index (χ0n) is 27.8. The standard InChI is InChI=1S/C33H39F4N7O5/c1-31(2,3)49-30(47)42-13-11-41(12-14-42)26-19-24-22(18-23(26)34)28(45)44(20-38-24)21-5-6-27(48-33(35,36)37)25(17-21)39-29(46)32(7-8-32)43-15-9-40(4)10-16-43/h5-6,17-20H,7-16H2,1-4H3,(H,39,46). The average Bonchev–Trinajstić information content (AvgIpc) is 3.84. The quantitative estimate of drug-likeness (QED) is 0.381. The van der Waals surface area contributed by atoms with E-state index in [0.717, 1.165) is 29.8 Å². The summed E-state index contributed by atoms with van der Waals surface area (Å²) in [7, 11) is 1.98. The molecule has 16 heteroatoms. The molecule has 264 valence electrons. The van der Waals surface area contributed by atoms with Gasteiger partial charge in [-0.2, -0.15) is 0 Å². The van der Waals surface area contributed by atoms with Gasteiger partial charge in [0.1, 0.15) is 23.3 Å². The fourth-order valence-corrected chi connectivity index (χ4v) is 6.27.